The minimum Gasteiger partial charge on any atom is -0.319 e. The van der Waals surface area contributed by atoms with E-state index in [1.807, 2.05) is 61.5 Å². The first kappa shape index (κ1) is 22.2. The van der Waals surface area contributed by atoms with Gasteiger partial charge < -0.3 is 5.32 Å². The summed E-state index contributed by atoms with van der Waals surface area (Å²) in [6.45, 7) is 6.17. The quantitative estimate of drug-likeness (QED) is 0.314. The number of carbonyl (C=O) groups excluding carboxylic acids is 1. The third kappa shape index (κ3) is 4.61. The average Bonchev–Trinajstić information content (AvgIpc) is 3.21. The second kappa shape index (κ2) is 9.27. The molecule has 0 radical (unpaired) electrons. The molecule has 0 aliphatic heterocycles. The summed E-state index contributed by atoms with van der Waals surface area (Å²) in [5, 5.41) is 8.19. The highest BCUT2D eigenvalue weighted by Gasteiger charge is 2.21. The molecule has 5 nitrogen and oxygen atoms in total. The van der Waals surface area contributed by atoms with Gasteiger partial charge in [0.1, 0.15) is 0 Å². The average molecular weight is 510 g/mol. The van der Waals surface area contributed by atoms with Crippen molar-refractivity contribution in [3.63, 3.8) is 0 Å². The van der Waals surface area contributed by atoms with Crippen molar-refractivity contribution in [2.24, 2.45) is 0 Å². The van der Waals surface area contributed by atoms with E-state index in [1.165, 1.54) is 0 Å². The topological polar surface area (TPSA) is 59.8 Å². The van der Waals surface area contributed by atoms with E-state index in [-0.39, 0.29) is 17.6 Å². The summed E-state index contributed by atoms with van der Waals surface area (Å²) in [6.07, 6.45) is 0. The molecule has 4 aromatic rings. The van der Waals surface area contributed by atoms with Gasteiger partial charge in [-0.25, -0.2) is 9.67 Å². The number of para-hydroxylation sites is 1. The minimum atomic E-state index is -0.364. The van der Waals surface area contributed by atoms with Crippen LogP contribution in [-0.2, 0) is 0 Å². The van der Waals surface area contributed by atoms with Gasteiger partial charge >= 0.3 is 0 Å². The standard InChI is InChI=1S/C25H22BrClN4O/c1-15(2)20-14-18(26)10-13-21(20)28-25(32)23-29-24(17-8-11-19(27)12-9-17)31(30-23)22-7-5-4-6-16(22)3/h4-15H,1-3H3,(H,28,32). The van der Waals surface area contributed by atoms with Crippen LogP contribution < -0.4 is 5.32 Å². The Morgan fingerprint density at radius 1 is 1.06 bits per heavy atom. The lowest BCUT2D eigenvalue weighted by Gasteiger charge is -2.13. The Bertz CT molecular complexity index is 1280. The Labute approximate surface area is 200 Å². The van der Waals surface area contributed by atoms with Crippen molar-refractivity contribution in [3.05, 3.63) is 93.2 Å². The number of amides is 1. The van der Waals surface area contributed by atoms with E-state index in [1.54, 1.807) is 16.8 Å². The van der Waals surface area contributed by atoms with Gasteiger partial charge in [-0.3, -0.25) is 4.79 Å². The van der Waals surface area contributed by atoms with Crippen LogP contribution in [0.5, 0.6) is 0 Å². The molecule has 0 aliphatic rings. The molecule has 32 heavy (non-hydrogen) atoms. The molecular formula is C25H22BrClN4O. The van der Waals surface area contributed by atoms with Crippen molar-refractivity contribution >= 4 is 39.1 Å². The van der Waals surface area contributed by atoms with Gasteiger partial charge in [0.05, 0.1) is 5.69 Å². The Kier molecular flexibility index (Phi) is 6.44. The van der Waals surface area contributed by atoms with Gasteiger partial charge in [-0.2, -0.15) is 0 Å². The second-order valence-electron chi connectivity index (χ2n) is 7.80. The maximum atomic E-state index is 13.2. The van der Waals surface area contributed by atoms with Gasteiger partial charge in [-0.05, 0) is 72.5 Å². The fourth-order valence-electron chi connectivity index (χ4n) is 3.47. The molecule has 1 heterocycles. The van der Waals surface area contributed by atoms with Crippen LogP contribution in [0.4, 0.5) is 5.69 Å². The van der Waals surface area contributed by atoms with Gasteiger partial charge in [0.15, 0.2) is 5.82 Å². The molecule has 0 atom stereocenters. The van der Waals surface area contributed by atoms with Crippen molar-refractivity contribution in [3.8, 4) is 17.1 Å². The highest BCUT2D eigenvalue weighted by atomic mass is 79.9. The van der Waals surface area contributed by atoms with Crippen LogP contribution in [-0.4, -0.2) is 20.7 Å². The van der Waals surface area contributed by atoms with E-state index >= 15 is 0 Å². The van der Waals surface area contributed by atoms with E-state index in [4.69, 9.17) is 11.6 Å². The summed E-state index contributed by atoms with van der Waals surface area (Å²) in [7, 11) is 0. The lowest BCUT2D eigenvalue weighted by Crippen LogP contribution is -2.16. The minimum absolute atomic E-state index is 0.0934. The number of aromatic nitrogens is 3. The monoisotopic (exact) mass is 508 g/mol. The summed E-state index contributed by atoms with van der Waals surface area (Å²) < 4.78 is 2.67. The summed E-state index contributed by atoms with van der Waals surface area (Å²) >= 11 is 9.57. The molecular weight excluding hydrogens is 488 g/mol. The molecule has 0 saturated heterocycles. The lowest BCUT2D eigenvalue weighted by molar-refractivity contribution is 0.101. The lowest BCUT2D eigenvalue weighted by atomic mass is 10.0. The Morgan fingerprint density at radius 3 is 2.47 bits per heavy atom. The predicted octanol–water partition coefficient (Wildman–Crippen LogP) is 7.03. The van der Waals surface area contributed by atoms with Crippen LogP contribution >= 0.6 is 27.5 Å². The number of nitrogens with one attached hydrogen (secondary N) is 1. The number of anilines is 1. The molecule has 4 rings (SSSR count). The van der Waals surface area contributed by atoms with Crippen LogP contribution in [0.1, 0.15) is 41.5 Å². The molecule has 7 heteroatoms. The van der Waals surface area contributed by atoms with Gasteiger partial charge in [-0.1, -0.05) is 59.6 Å². The normalized spacial score (nSPS) is 11.1. The predicted molar refractivity (Wildman–Crippen MR) is 133 cm³/mol. The second-order valence-corrected chi connectivity index (χ2v) is 9.16. The van der Waals surface area contributed by atoms with Crippen molar-refractivity contribution in [1.29, 1.82) is 0 Å². The molecule has 3 aromatic carbocycles. The number of aryl methyl sites for hydroxylation is 1. The van der Waals surface area contributed by atoms with Gasteiger partial charge in [0, 0.05) is 20.7 Å². The molecule has 0 aliphatic carbocycles. The van der Waals surface area contributed by atoms with Crippen LogP contribution in [0.15, 0.2) is 71.2 Å². The molecule has 1 aromatic heterocycles. The molecule has 0 bridgehead atoms. The smallest absolute Gasteiger partial charge is 0.295 e. The highest BCUT2D eigenvalue weighted by molar-refractivity contribution is 9.10. The fourth-order valence-corrected chi connectivity index (χ4v) is 3.97. The maximum absolute atomic E-state index is 13.2. The van der Waals surface area contributed by atoms with E-state index in [9.17, 15) is 4.79 Å². The van der Waals surface area contributed by atoms with Crippen molar-refractivity contribution in [1.82, 2.24) is 14.8 Å². The molecule has 0 spiro atoms. The van der Waals surface area contributed by atoms with Crippen LogP contribution in [0.3, 0.4) is 0 Å². The van der Waals surface area contributed by atoms with E-state index in [2.05, 4.69) is 45.2 Å². The molecule has 0 unspecified atom stereocenters. The third-order valence-electron chi connectivity index (χ3n) is 5.14. The first-order valence-corrected chi connectivity index (χ1v) is 11.4. The summed E-state index contributed by atoms with van der Waals surface area (Å²) in [5.41, 5.74) is 4.47. The van der Waals surface area contributed by atoms with E-state index in [0.29, 0.717) is 10.8 Å². The Balaban J connectivity index is 1.77. The van der Waals surface area contributed by atoms with Crippen LogP contribution in [0.25, 0.3) is 17.1 Å². The van der Waals surface area contributed by atoms with Crippen LogP contribution in [0, 0.1) is 6.92 Å². The van der Waals surface area contributed by atoms with Gasteiger partial charge in [0.2, 0.25) is 5.82 Å². The molecule has 162 valence electrons. The number of nitrogens with zero attached hydrogens (tertiary/aromatic N) is 3. The van der Waals surface area contributed by atoms with Crippen LogP contribution in [0.2, 0.25) is 5.02 Å². The van der Waals surface area contributed by atoms with Crippen molar-refractivity contribution in [2.75, 3.05) is 5.32 Å². The molecule has 1 amide bonds. The molecule has 1 N–H and O–H groups in total. The van der Waals surface area contributed by atoms with E-state index in [0.717, 1.165) is 32.5 Å². The number of halogens is 2. The van der Waals surface area contributed by atoms with Crippen molar-refractivity contribution < 1.29 is 4.79 Å². The number of hydrogen-bond acceptors (Lipinski definition) is 3. The maximum Gasteiger partial charge on any atom is 0.295 e. The number of carbonyl (C=O) groups is 1. The largest absolute Gasteiger partial charge is 0.319 e. The Morgan fingerprint density at radius 2 is 1.78 bits per heavy atom. The third-order valence-corrected chi connectivity index (χ3v) is 5.89. The zero-order valence-electron chi connectivity index (χ0n) is 17.9. The fraction of sp³-hybridized carbons (Fsp3) is 0.160. The number of benzene rings is 3. The first-order chi connectivity index (χ1) is 15.3. The van der Waals surface area contributed by atoms with Crippen molar-refractivity contribution in [2.45, 2.75) is 26.7 Å². The molecule has 0 fully saturated rings. The summed E-state index contributed by atoms with van der Waals surface area (Å²) in [5.74, 6) is 0.540. The highest BCUT2D eigenvalue weighted by Crippen LogP contribution is 2.29. The zero-order chi connectivity index (χ0) is 22.8. The molecule has 0 saturated carbocycles. The SMILES string of the molecule is Cc1ccccc1-n1nc(C(=O)Nc2ccc(Br)cc2C(C)C)nc1-c1ccc(Cl)cc1. The zero-order valence-corrected chi connectivity index (χ0v) is 20.3. The van der Waals surface area contributed by atoms with E-state index < -0.39 is 0 Å². The Hall–Kier alpha value is -2.96. The summed E-state index contributed by atoms with van der Waals surface area (Å²) in [4.78, 5) is 17.8. The first-order valence-electron chi connectivity index (χ1n) is 10.2. The number of hydrogen-bond donors (Lipinski definition) is 1. The van der Waals surface area contributed by atoms with Gasteiger partial charge in [-0.15, -0.1) is 5.10 Å². The van der Waals surface area contributed by atoms with Gasteiger partial charge in [0.25, 0.3) is 5.91 Å². The number of rotatable bonds is 5. The summed E-state index contributed by atoms with van der Waals surface area (Å²) in [6, 6.07) is 21.0.